The third-order valence-electron chi connectivity index (χ3n) is 4.64. The molecule has 0 radical (unpaired) electrons. The van der Waals surface area contributed by atoms with E-state index in [9.17, 15) is 0 Å². The molecule has 1 aliphatic carbocycles. The van der Waals surface area contributed by atoms with Gasteiger partial charge in [0.05, 0.1) is 0 Å². The zero-order chi connectivity index (χ0) is 12.6. The molecule has 1 aromatic carbocycles. The van der Waals surface area contributed by atoms with E-state index in [4.69, 9.17) is 0 Å². The molecule has 0 aromatic heterocycles. The minimum Gasteiger partial charge on any atom is -0.317 e. The SMILES string of the molecule is CNC1CCC(C)(c2cc(C)c(C)cc2C)C1. The van der Waals surface area contributed by atoms with E-state index in [0.29, 0.717) is 11.5 Å². The molecule has 94 valence electrons. The molecule has 0 heterocycles. The van der Waals surface area contributed by atoms with Crippen LogP contribution in [0.2, 0.25) is 0 Å². The Kier molecular flexibility index (Phi) is 3.31. The van der Waals surface area contributed by atoms with Gasteiger partial charge in [-0.2, -0.15) is 0 Å². The fourth-order valence-electron chi connectivity index (χ4n) is 3.34. The Morgan fingerprint density at radius 3 is 2.35 bits per heavy atom. The molecule has 0 bridgehead atoms. The van der Waals surface area contributed by atoms with E-state index in [2.05, 4.69) is 52.2 Å². The molecule has 1 aliphatic rings. The number of hydrogen-bond donors (Lipinski definition) is 1. The van der Waals surface area contributed by atoms with Gasteiger partial charge in [-0.05, 0) is 74.8 Å². The number of rotatable bonds is 2. The van der Waals surface area contributed by atoms with Crippen molar-refractivity contribution < 1.29 is 0 Å². The van der Waals surface area contributed by atoms with Crippen molar-refractivity contribution in [2.45, 2.75) is 58.4 Å². The highest BCUT2D eigenvalue weighted by molar-refractivity contribution is 5.41. The van der Waals surface area contributed by atoms with Crippen molar-refractivity contribution in [3.05, 3.63) is 34.4 Å². The van der Waals surface area contributed by atoms with Gasteiger partial charge in [0.25, 0.3) is 0 Å². The van der Waals surface area contributed by atoms with Crippen LogP contribution in [0.4, 0.5) is 0 Å². The normalized spacial score (nSPS) is 28.6. The summed E-state index contributed by atoms with van der Waals surface area (Å²) in [5.41, 5.74) is 6.25. The van der Waals surface area contributed by atoms with E-state index in [0.717, 1.165) is 0 Å². The van der Waals surface area contributed by atoms with Gasteiger partial charge in [0.2, 0.25) is 0 Å². The van der Waals surface area contributed by atoms with Crippen molar-refractivity contribution in [2.24, 2.45) is 0 Å². The van der Waals surface area contributed by atoms with Crippen LogP contribution in [-0.2, 0) is 5.41 Å². The zero-order valence-corrected chi connectivity index (χ0v) is 11.9. The van der Waals surface area contributed by atoms with Crippen LogP contribution in [0.1, 0.15) is 48.4 Å². The Morgan fingerprint density at radius 1 is 1.12 bits per heavy atom. The lowest BCUT2D eigenvalue weighted by Crippen LogP contribution is -2.26. The molecule has 17 heavy (non-hydrogen) atoms. The molecule has 2 atom stereocenters. The van der Waals surface area contributed by atoms with Crippen LogP contribution in [-0.4, -0.2) is 13.1 Å². The Morgan fingerprint density at radius 2 is 1.76 bits per heavy atom. The summed E-state index contributed by atoms with van der Waals surface area (Å²) in [6, 6.07) is 5.46. The van der Waals surface area contributed by atoms with Crippen molar-refractivity contribution in [1.82, 2.24) is 5.32 Å². The molecule has 0 spiro atoms. The van der Waals surface area contributed by atoms with E-state index in [1.165, 1.54) is 36.0 Å². The number of nitrogens with one attached hydrogen (secondary N) is 1. The number of benzene rings is 1. The van der Waals surface area contributed by atoms with Gasteiger partial charge in [-0.3, -0.25) is 0 Å². The zero-order valence-electron chi connectivity index (χ0n) is 11.9. The first kappa shape index (κ1) is 12.6. The number of aryl methyl sites for hydroxylation is 3. The van der Waals surface area contributed by atoms with Crippen LogP contribution in [0.5, 0.6) is 0 Å². The molecule has 0 saturated heterocycles. The second-order valence-electron chi connectivity index (χ2n) is 6.04. The maximum Gasteiger partial charge on any atom is 0.00727 e. The largest absolute Gasteiger partial charge is 0.317 e. The van der Waals surface area contributed by atoms with E-state index in [1.807, 2.05) is 0 Å². The van der Waals surface area contributed by atoms with Crippen LogP contribution in [0.25, 0.3) is 0 Å². The minimum absolute atomic E-state index is 0.371. The molecular formula is C16H25N. The van der Waals surface area contributed by atoms with Crippen molar-refractivity contribution in [3.63, 3.8) is 0 Å². The molecule has 1 N–H and O–H groups in total. The Labute approximate surface area is 106 Å². The van der Waals surface area contributed by atoms with E-state index < -0.39 is 0 Å². The monoisotopic (exact) mass is 231 g/mol. The minimum atomic E-state index is 0.371. The quantitative estimate of drug-likeness (QED) is 0.819. The summed E-state index contributed by atoms with van der Waals surface area (Å²) in [5, 5.41) is 3.43. The second-order valence-corrected chi connectivity index (χ2v) is 6.04. The van der Waals surface area contributed by atoms with E-state index in [-0.39, 0.29) is 0 Å². The first-order valence-electron chi connectivity index (χ1n) is 6.72. The van der Waals surface area contributed by atoms with Crippen LogP contribution in [0, 0.1) is 20.8 Å². The van der Waals surface area contributed by atoms with Crippen LogP contribution >= 0.6 is 0 Å². The molecule has 1 aromatic rings. The van der Waals surface area contributed by atoms with Gasteiger partial charge in [0.1, 0.15) is 0 Å². The lowest BCUT2D eigenvalue weighted by atomic mass is 9.77. The summed E-state index contributed by atoms with van der Waals surface area (Å²) < 4.78 is 0. The van der Waals surface area contributed by atoms with Crippen molar-refractivity contribution in [3.8, 4) is 0 Å². The van der Waals surface area contributed by atoms with Gasteiger partial charge in [-0.1, -0.05) is 19.1 Å². The van der Waals surface area contributed by atoms with Crippen LogP contribution in [0.15, 0.2) is 12.1 Å². The summed E-state index contributed by atoms with van der Waals surface area (Å²) in [4.78, 5) is 0. The van der Waals surface area contributed by atoms with Crippen molar-refractivity contribution >= 4 is 0 Å². The van der Waals surface area contributed by atoms with E-state index in [1.54, 1.807) is 5.56 Å². The smallest absolute Gasteiger partial charge is 0.00727 e. The Bertz CT molecular complexity index is 422. The van der Waals surface area contributed by atoms with E-state index >= 15 is 0 Å². The van der Waals surface area contributed by atoms with Gasteiger partial charge in [-0.25, -0.2) is 0 Å². The molecule has 1 nitrogen and oxygen atoms in total. The second kappa shape index (κ2) is 4.45. The standard InChI is InChI=1S/C16H25N/c1-11-8-13(3)15(9-12(11)2)16(4)7-6-14(10-16)17-5/h8-9,14,17H,6-7,10H2,1-5H3. The Balaban J connectivity index is 2.37. The fraction of sp³-hybridized carbons (Fsp3) is 0.625. The van der Waals surface area contributed by atoms with Crippen LogP contribution in [0.3, 0.4) is 0 Å². The maximum atomic E-state index is 3.43. The van der Waals surface area contributed by atoms with Gasteiger partial charge >= 0.3 is 0 Å². The summed E-state index contributed by atoms with van der Waals surface area (Å²) in [6.07, 6.45) is 3.88. The third-order valence-corrected chi connectivity index (χ3v) is 4.64. The molecule has 1 saturated carbocycles. The summed E-state index contributed by atoms with van der Waals surface area (Å²) in [5.74, 6) is 0. The summed E-state index contributed by atoms with van der Waals surface area (Å²) in [6.45, 7) is 9.13. The molecule has 1 heteroatoms. The highest BCUT2D eigenvalue weighted by atomic mass is 14.9. The van der Waals surface area contributed by atoms with Crippen molar-refractivity contribution in [1.29, 1.82) is 0 Å². The lowest BCUT2D eigenvalue weighted by molar-refractivity contribution is 0.464. The molecule has 0 amide bonds. The summed E-state index contributed by atoms with van der Waals surface area (Å²) >= 11 is 0. The van der Waals surface area contributed by atoms with Crippen LogP contribution < -0.4 is 5.32 Å². The number of hydrogen-bond acceptors (Lipinski definition) is 1. The highest BCUT2D eigenvalue weighted by Gasteiger charge is 2.36. The average molecular weight is 231 g/mol. The van der Waals surface area contributed by atoms with Gasteiger partial charge in [0, 0.05) is 6.04 Å². The maximum absolute atomic E-state index is 3.43. The fourth-order valence-corrected chi connectivity index (χ4v) is 3.34. The van der Waals surface area contributed by atoms with Crippen molar-refractivity contribution in [2.75, 3.05) is 7.05 Å². The third kappa shape index (κ3) is 2.26. The predicted octanol–water partition coefficient (Wildman–Crippen LogP) is 3.64. The molecule has 1 fully saturated rings. The van der Waals surface area contributed by atoms with Gasteiger partial charge in [0.15, 0.2) is 0 Å². The molecule has 0 aliphatic heterocycles. The van der Waals surface area contributed by atoms with Gasteiger partial charge in [-0.15, -0.1) is 0 Å². The first-order chi connectivity index (χ1) is 7.96. The molecule has 2 rings (SSSR count). The topological polar surface area (TPSA) is 12.0 Å². The van der Waals surface area contributed by atoms with Gasteiger partial charge < -0.3 is 5.32 Å². The lowest BCUT2D eigenvalue weighted by Gasteiger charge is -2.28. The predicted molar refractivity (Wildman–Crippen MR) is 74.7 cm³/mol. The molecule has 2 unspecified atom stereocenters. The average Bonchev–Trinajstić information content (AvgIpc) is 2.66. The molecular weight excluding hydrogens is 206 g/mol. The highest BCUT2D eigenvalue weighted by Crippen LogP contribution is 2.42. The summed E-state index contributed by atoms with van der Waals surface area (Å²) in [7, 11) is 2.09. The first-order valence-corrected chi connectivity index (χ1v) is 6.72. The Hall–Kier alpha value is -0.820.